The van der Waals surface area contributed by atoms with Gasteiger partial charge in [-0.2, -0.15) is 8.42 Å². The second-order valence-electron chi connectivity index (χ2n) is 3.15. The van der Waals surface area contributed by atoms with Gasteiger partial charge in [-0.1, -0.05) is 0 Å². The topological polar surface area (TPSA) is 99.1 Å². The first kappa shape index (κ1) is 13.1. The Labute approximate surface area is 92.7 Å². The van der Waals surface area contributed by atoms with Crippen LogP contribution in [0.5, 0.6) is 0 Å². The minimum Gasteiger partial charge on any atom is -0.469 e. The smallest absolute Gasteiger partial charge is 0.307 e. The lowest BCUT2D eigenvalue weighted by Crippen LogP contribution is -2.29. The number of rotatable bonds is 7. The van der Waals surface area contributed by atoms with Crippen molar-refractivity contribution in [1.29, 1.82) is 0 Å². The van der Waals surface area contributed by atoms with E-state index < -0.39 is 34.4 Å². The third-order valence-electron chi connectivity index (χ3n) is 1.83. The van der Waals surface area contributed by atoms with Crippen LogP contribution in [0.3, 0.4) is 0 Å². The third kappa shape index (κ3) is 4.71. The highest BCUT2D eigenvalue weighted by Gasteiger charge is 2.28. The SMILES string of the molecule is COC(=O)CC(COOC1C=C1)S(=O)(=O)O. The third-order valence-corrected chi connectivity index (χ3v) is 2.97. The lowest BCUT2D eigenvalue weighted by atomic mass is 10.3. The van der Waals surface area contributed by atoms with Crippen LogP contribution in [0.2, 0.25) is 0 Å². The van der Waals surface area contributed by atoms with Crippen molar-refractivity contribution in [2.75, 3.05) is 13.7 Å². The maximum absolute atomic E-state index is 10.9. The van der Waals surface area contributed by atoms with Crippen molar-refractivity contribution >= 4 is 16.1 Å². The molecule has 92 valence electrons. The average Bonchev–Trinajstić information content (AvgIpc) is 2.98. The van der Waals surface area contributed by atoms with Crippen molar-refractivity contribution in [3.05, 3.63) is 12.2 Å². The molecule has 0 aliphatic heterocycles. The molecule has 8 heteroatoms. The number of esters is 1. The standard InChI is InChI=1S/C8H12O7S/c1-13-8(9)4-7(16(10,11)12)5-14-15-6-2-3-6/h2-3,6-7H,4-5H2,1H3,(H,10,11,12). The van der Waals surface area contributed by atoms with Crippen molar-refractivity contribution in [1.82, 2.24) is 0 Å². The summed E-state index contributed by atoms with van der Waals surface area (Å²) >= 11 is 0. The summed E-state index contributed by atoms with van der Waals surface area (Å²) in [5.41, 5.74) is 0. The Bertz CT molecular complexity index is 366. The summed E-state index contributed by atoms with van der Waals surface area (Å²) in [7, 11) is -3.25. The molecular weight excluding hydrogens is 240 g/mol. The first-order chi connectivity index (χ1) is 7.43. The summed E-state index contributed by atoms with van der Waals surface area (Å²) in [6, 6.07) is 0. The molecule has 0 bridgehead atoms. The van der Waals surface area contributed by atoms with Crippen LogP contribution in [-0.4, -0.2) is 44.0 Å². The molecule has 0 saturated heterocycles. The largest absolute Gasteiger partial charge is 0.469 e. The van der Waals surface area contributed by atoms with E-state index in [0.717, 1.165) is 7.11 Å². The van der Waals surface area contributed by atoms with Gasteiger partial charge in [0, 0.05) is 0 Å². The minimum atomic E-state index is -4.37. The van der Waals surface area contributed by atoms with Gasteiger partial charge in [0.2, 0.25) is 0 Å². The molecule has 1 unspecified atom stereocenters. The van der Waals surface area contributed by atoms with Crippen LogP contribution >= 0.6 is 0 Å². The van der Waals surface area contributed by atoms with Crippen molar-refractivity contribution in [2.45, 2.75) is 17.8 Å². The van der Waals surface area contributed by atoms with Crippen LogP contribution in [0.4, 0.5) is 0 Å². The van der Waals surface area contributed by atoms with Crippen molar-refractivity contribution < 1.29 is 32.3 Å². The molecule has 1 rings (SSSR count). The van der Waals surface area contributed by atoms with Crippen molar-refractivity contribution in [3.8, 4) is 0 Å². The second-order valence-corrected chi connectivity index (χ2v) is 4.84. The van der Waals surface area contributed by atoms with E-state index >= 15 is 0 Å². The Morgan fingerprint density at radius 1 is 1.50 bits per heavy atom. The van der Waals surface area contributed by atoms with Gasteiger partial charge in [0.05, 0.1) is 13.5 Å². The Morgan fingerprint density at radius 2 is 2.12 bits per heavy atom. The Kier molecular flexibility index (Phi) is 4.42. The second kappa shape index (κ2) is 5.39. The molecule has 0 radical (unpaired) electrons. The lowest BCUT2D eigenvalue weighted by molar-refractivity contribution is -0.297. The van der Waals surface area contributed by atoms with Gasteiger partial charge in [-0.15, -0.1) is 0 Å². The fourth-order valence-corrected chi connectivity index (χ4v) is 1.40. The minimum absolute atomic E-state index is 0.250. The molecule has 0 heterocycles. The summed E-state index contributed by atoms with van der Waals surface area (Å²) in [5, 5.41) is -1.39. The van der Waals surface area contributed by atoms with Crippen LogP contribution in [0, 0.1) is 0 Å². The lowest BCUT2D eigenvalue weighted by Gasteiger charge is -2.11. The summed E-state index contributed by atoms with van der Waals surface area (Å²) in [4.78, 5) is 20.1. The Balaban J connectivity index is 2.39. The normalized spacial score (nSPS) is 17.1. The van der Waals surface area contributed by atoms with E-state index in [0.29, 0.717) is 0 Å². The maximum atomic E-state index is 10.9. The van der Waals surface area contributed by atoms with Gasteiger partial charge in [-0.05, 0) is 12.2 Å². The average molecular weight is 252 g/mol. The van der Waals surface area contributed by atoms with Crippen LogP contribution in [-0.2, 0) is 29.4 Å². The van der Waals surface area contributed by atoms with Crippen molar-refractivity contribution in [2.24, 2.45) is 0 Å². The fraction of sp³-hybridized carbons (Fsp3) is 0.625. The maximum Gasteiger partial charge on any atom is 0.307 e. The van der Waals surface area contributed by atoms with Gasteiger partial charge >= 0.3 is 5.97 Å². The van der Waals surface area contributed by atoms with Gasteiger partial charge in [0.1, 0.15) is 18.0 Å². The molecule has 1 aliphatic rings. The molecule has 0 spiro atoms. The van der Waals surface area contributed by atoms with E-state index in [1.807, 2.05) is 0 Å². The molecule has 0 aromatic rings. The predicted octanol–water partition coefficient (Wildman–Crippen LogP) is -0.307. The van der Waals surface area contributed by atoms with Gasteiger partial charge in [0.25, 0.3) is 10.1 Å². The first-order valence-corrected chi connectivity index (χ1v) is 5.93. The van der Waals surface area contributed by atoms with E-state index in [1.165, 1.54) is 0 Å². The van der Waals surface area contributed by atoms with E-state index in [9.17, 15) is 13.2 Å². The number of hydrogen-bond acceptors (Lipinski definition) is 6. The molecular formula is C8H12O7S. The van der Waals surface area contributed by atoms with Crippen molar-refractivity contribution in [3.63, 3.8) is 0 Å². The van der Waals surface area contributed by atoms with Crippen LogP contribution in [0.1, 0.15) is 6.42 Å². The number of carbonyl (C=O) groups excluding carboxylic acids is 1. The molecule has 1 atom stereocenters. The van der Waals surface area contributed by atoms with E-state index in [2.05, 4.69) is 14.5 Å². The highest BCUT2D eigenvalue weighted by atomic mass is 32.2. The molecule has 0 amide bonds. The molecule has 1 aliphatic carbocycles. The fourth-order valence-electron chi connectivity index (χ4n) is 0.823. The highest BCUT2D eigenvalue weighted by molar-refractivity contribution is 7.86. The quantitative estimate of drug-likeness (QED) is 0.218. The van der Waals surface area contributed by atoms with E-state index in [4.69, 9.17) is 4.55 Å². The summed E-state index contributed by atoms with van der Waals surface area (Å²) < 4.78 is 34.8. The summed E-state index contributed by atoms with van der Waals surface area (Å²) in [5.74, 6) is -0.754. The zero-order chi connectivity index (χ0) is 12.2. The zero-order valence-electron chi connectivity index (χ0n) is 8.53. The number of hydrogen-bond donors (Lipinski definition) is 1. The molecule has 7 nitrogen and oxygen atoms in total. The molecule has 0 aromatic carbocycles. The van der Waals surface area contributed by atoms with E-state index in [-0.39, 0.29) is 6.10 Å². The molecule has 16 heavy (non-hydrogen) atoms. The van der Waals surface area contributed by atoms with Gasteiger partial charge in [-0.3, -0.25) is 9.35 Å². The molecule has 1 N–H and O–H groups in total. The summed E-state index contributed by atoms with van der Waals surface area (Å²) in [6.07, 6.45) is 2.63. The number of methoxy groups -OCH3 is 1. The number of ether oxygens (including phenoxy) is 1. The molecule has 0 aromatic heterocycles. The van der Waals surface area contributed by atoms with Crippen LogP contribution < -0.4 is 0 Å². The summed E-state index contributed by atoms with van der Waals surface area (Å²) in [6.45, 7) is -0.438. The first-order valence-electron chi connectivity index (χ1n) is 4.43. The molecule has 0 fully saturated rings. The van der Waals surface area contributed by atoms with Gasteiger partial charge in [0.15, 0.2) is 0 Å². The Hall–Kier alpha value is -0.960. The predicted molar refractivity (Wildman–Crippen MR) is 51.9 cm³/mol. The van der Waals surface area contributed by atoms with Gasteiger partial charge < -0.3 is 4.74 Å². The van der Waals surface area contributed by atoms with Gasteiger partial charge in [-0.25, -0.2) is 9.78 Å². The van der Waals surface area contributed by atoms with E-state index in [1.54, 1.807) is 12.2 Å². The van der Waals surface area contributed by atoms with Crippen LogP contribution in [0.25, 0.3) is 0 Å². The molecule has 0 saturated carbocycles. The Morgan fingerprint density at radius 3 is 2.56 bits per heavy atom. The number of carbonyl (C=O) groups is 1. The zero-order valence-corrected chi connectivity index (χ0v) is 9.35. The monoisotopic (exact) mass is 252 g/mol. The van der Waals surface area contributed by atoms with Crippen LogP contribution in [0.15, 0.2) is 12.2 Å². The highest BCUT2D eigenvalue weighted by Crippen LogP contribution is 2.12.